The maximum atomic E-state index is 7.84. The van der Waals surface area contributed by atoms with Crippen LogP contribution in [0.5, 0.6) is 0 Å². The lowest BCUT2D eigenvalue weighted by atomic mass is 10.5. The van der Waals surface area contributed by atoms with E-state index in [1.807, 2.05) is 13.8 Å². The summed E-state index contributed by atoms with van der Waals surface area (Å²) in [5.41, 5.74) is 1.79. The van der Waals surface area contributed by atoms with Crippen molar-refractivity contribution in [2.24, 2.45) is 0 Å². The first-order valence-electron chi connectivity index (χ1n) is 4.27. The predicted molar refractivity (Wildman–Crippen MR) is 52.5 cm³/mol. The van der Waals surface area contributed by atoms with Gasteiger partial charge in [0.15, 0.2) is 0 Å². The van der Waals surface area contributed by atoms with E-state index in [4.69, 9.17) is 5.41 Å². The lowest BCUT2D eigenvalue weighted by Crippen LogP contribution is -2.17. The van der Waals surface area contributed by atoms with Crippen molar-refractivity contribution in [2.75, 3.05) is 0 Å². The molecule has 0 saturated carbocycles. The summed E-state index contributed by atoms with van der Waals surface area (Å²) in [4.78, 5) is 8.12. The van der Waals surface area contributed by atoms with Crippen LogP contribution < -0.4 is 0 Å². The molecular weight excluding hydrogens is 178 g/mol. The van der Waals surface area contributed by atoms with E-state index >= 15 is 0 Å². The number of nitrogens with zero attached hydrogens (tertiary/aromatic N) is 4. The zero-order valence-corrected chi connectivity index (χ0v) is 8.10. The normalized spacial score (nSPS) is 10.4. The highest BCUT2D eigenvalue weighted by molar-refractivity contribution is 5.81. The number of aromatic nitrogens is 4. The number of aryl methyl sites for hydroxylation is 2. The van der Waals surface area contributed by atoms with E-state index in [0.717, 1.165) is 11.4 Å². The number of nitrogens with one attached hydrogen (secondary N) is 1. The average molecular weight is 189 g/mol. The van der Waals surface area contributed by atoms with Crippen molar-refractivity contribution >= 4 is 5.96 Å². The van der Waals surface area contributed by atoms with Gasteiger partial charge < -0.3 is 0 Å². The summed E-state index contributed by atoms with van der Waals surface area (Å²) >= 11 is 0. The van der Waals surface area contributed by atoms with E-state index in [0.29, 0.717) is 5.96 Å². The molecule has 2 heterocycles. The van der Waals surface area contributed by atoms with Crippen LogP contribution in [-0.4, -0.2) is 25.1 Å². The van der Waals surface area contributed by atoms with Gasteiger partial charge in [0, 0.05) is 12.4 Å². The van der Waals surface area contributed by atoms with Crippen LogP contribution in [0.3, 0.4) is 0 Å². The van der Waals surface area contributed by atoms with Crippen molar-refractivity contribution in [3.63, 3.8) is 0 Å². The maximum absolute atomic E-state index is 7.84. The van der Waals surface area contributed by atoms with Gasteiger partial charge in [-0.1, -0.05) is 0 Å². The fourth-order valence-electron chi connectivity index (χ4n) is 1.21. The van der Waals surface area contributed by atoms with E-state index in [-0.39, 0.29) is 0 Å². The Morgan fingerprint density at radius 3 is 1.79 bits per heavy atom. The number of hydrogen-bond acceptors (Lipinski definition) is 3. The van der Waals surface area contributed by atoms with Crippen LogP contribution in [0.2, 0.25) is 0 Å². The van der Waals surface area contributed by atoms with Crippen LogP contribution in [0.25, 0.3) is 0 Å². The van der Waals surface area contributed by atoms with Crippen LogP contribution in [-0.2, 0) is 0 Å². The summed E-state index contributed by atoms with van der Waals surface area (Å²) < 4.78 is 3.30. The lowest BCUT2D eigenvalue weighted by molar-refractivity contribution is 0.971. The van der Waals surface area contributed by atoms with Crippen molar-refractivity contribution in [1.82, 2.24) is 19.1 Å². The minimum Gasteiger partial charge on any atom is -0.276 e. The van der Waals surface area contributed by atoms with Gasteiger partial charge in [0.1, 0.15) is 12.7 Å². The van der Waals surface area contributed by atoms with Gasteiger partial charge in [0.2, 0.25) is 5.96 Å². The molecule has 5 heteroatoms. The first-order chi connectivity index (χ1) is 6.66. The molecule has 0 bridgehead atoms. The summed E-state index contributed by atoms with van der Waals surface area (Å²) in [7, 11) is 0. The summed E-state index contributed by atoms with van der Waals surface area (Å²) in [5, 5.41) is 7.84. The molecule has 72 valence electrons. The fraction of sp³-hybridized carbons (Fsp3) is 0.222. The largest absolute Gasteiger partial charge is 0.276 e. The molecule has 0 aliphatic rings. The Morgan fingerprint density at radius 1 is 1.07 bits per heavy atom. The zero-order valence-electron chi connectivity index (χ0n) is 8.10. The van der Waals surface area contributed by atoms with Gasteiger partial charge in [-0.15, -0.1) is 0 Å². The predicted octanol–water partition coefficient (Wildman–Crippen LogP) is 1.03. The number of rotatable bonds is 0. The van der Waals surface area contributed by atoms with Crippen molar-refractivity contribution in [2.45, 2.75) is 13.8 Å². The smallest absolute Gasteiger partial charge is 0.212 e. The Balaban J connectivity index is 2.33. The molecule has 0 saturated heterocycles. The third-order valence-corrected chi connectivity index (χ3v) is 1.91. The van der Waals surface area contributed by atoms with Crippen LogP contribution in [0, 0.1) is 19.3 Å². The SMILES string of the molecule is Cc1cn(C(=N)n2cnc(C)c2)cn1. The van der Waals surface area contributed by atoms with E-state index < -0.39 is 0 Å². The van der Waals surface area contributed by atoms with Crippen LogP contribution >= 0.6 is 0 Å². The standard InChI is InChI=1S/C9H11N5/c1-7-3-13(5-11-7)9(10)14-4-8(2)12-6-14/h3-6,10H,1-2H3. The van der Waals surface area contributed by atoms with Crippen molar-refractivity contribution in [3.8, 4) is 0 Å². The number of imidazole rings is 2. The molecule has 0 spiro atoms. The first kappa shape index (κ1) is 8.68. The summed E-state index contributed by atoms with van der Waals surface area (Å²) in [6.07, 6.45) is 6.84. The Bertz CT molecular complexity index is 423. The average Bonchev–Trinajstić information content (AvgIpc) is 2.73. The summed E-state index contributed by atoms with van der Waals surface area (Å²) in [5.74, 6) is 0.325. The molecule has 1 N–H and O–H groups in total. The monoisotopic (exact) mass is 189 g/mol. The highest BCUT2D eigenvalue weighted by atomic mass is 15.2. The first-order valence-corrected chi connectivity index (χ1v) is 4.27. The molecule has 14 heavy (non-hydrogen) atoms. The van der Waals surface area contributed by atoms with Crippen molar-refractivity contribution < 1.29 is 0 Å². The molecular formula is C9H11N5. The van der Waals surface area contributed by atoms with Gasteiger partial charge in [-0.3, -0.25) is 14.5 Å². The third kappa shape index (κ3) is 1.44. The van der Waals surface area contributed by atoms with Gasteiger partial charge in [-0.2, -0.15) is 0 Å². The quantitative estimate of drug-likeness (QED) is 0.497. The van der Waals surface area contributed by atoms with Crippen molar-refractivity contribution in [3.05, 3.63) is 36.4 Å². The van der Waals surface area contributed by atoms with E-state index in [1.54, 1.807) is 34.2 Å². The molecule has 0 aliphatic heterocycles. The Kier molecular flexibility index (Phi) is 1.92. The Morgan fingerprint density at radius 2 is 1.50 bits per heavy atom. The summed E-state index contributed by atoms with van der Waals surface area (Å²) in [6, 6.07) is 0. The molecule has 0 radical (unpaired) electrons. The second-order valence-corrected chi connectivity index (χ2v) is 3.17. The highest BCUT2D eigenvalue weighted by Crippen LogP contribution is 1.98. The van der Waals surface area contributed by atoms with Gasteiger partial charge in [0.25, 0.3) is 0 Å². The minimum absolute atomic E-state index is 0.325. The molecule has 0 unspecified atom stereocenters. The summed E-state index contributed by atoms with van der Waals surface area (Å²) in [6.45, 7) is 3.78. The maximum Gasteiger partial charge on any atom is 0.212 e. The van der Waals surface area contributed by atoms with Gasteiger partial charge >= 0.3 is 0 Å². The van der Waals surface area contributed by atoms with Gasteiger partial charge in [0.05, 0.1) is 11.4 Å². The molecule has 2 rings (SSSR count). The molecule has 0 aliphatic carbocycles. The molecule has 0 atom stereocenters. The molecule has 2 aromatic heterocycles. The zero-order chi connectivity index (χ0) is 10.1. The Labute approximate surface area is 81.5 Å². The van der Waals surface area contributed by atoms with Crippen LogP contribution in [0.1, 0.15) is 11.4 Å². The van der Waals surface area contributed by atoms with Crippen LogP contribution in [0.15, 0.2) is 25.0 Å². The molecule has 5 nitrogen and oxygen atoms in total. The Hall–Kier alpha value is -1.91. The highest BCUT2D eigenvalue weighted by Gasteiger charge is 2.03. The molecule has 0 fully saturated rings. The minimum atomic E-state index is 0.325. The van der Waals surface area contributed by atoms with E-state index in [9.17, 15) is 0 Å². The molecule has 0 aromatic carbocycles. The van der Waals surface area contributed by atoms with E-state index in [2.05, 4.69) is 9.97 Å². The topological polar surface area (TPSA) is 59.5 Å². The van der Waals surface area contributed by atoms with E-state index in [1.165, 1.54) is 0 Å². The van der Waals surface area contributed by atoms with Crippen molar-refractivity contribution in [1.29, 1.82) is 5.41 Å². The van der Waals surface area contributed by atoms with Gasteiger partial charge in [-0.25, -0.2) is 9.97 Å². The third-order valence-electron chi connectivity index (χ3n) is 1.91. The molecule has 2 aromatic rings. The second-order valence-electron chi connectivity index (χ2n) is 3.17. The molecule has 0 amide bonds. The second kappa shape index (κ2) is 3.10. The lowest BCUT2D eigenvalue weighted by Gasteiger charge is -2.03. The van der Waals surface area contributed by atoms with Crippen LogP contribution in [0.4, 0.5) is 0 Å². The fourth-order valence-corrected chi connectivity index (χ4v) is 1.21. The number of hydrogen-bond donors (Lipinski definition) is 1. The van der Waals surface area contributed by atoms with Gasteiger partial charge in [-0.05, 0) is 13.8 Å².